The summed E-state index contributed by atoms with van der Waals surface area (Å²) in [6.07, 6.45) is 0. The summed E-state index contributed by atoms with van der Waals surface area (Å²) in [5.74, 6) is -1.49. The molecule has 0 aromatic heterocycles. The normalized spacial score (nSPS) is 11.5. The molecule has 118 valence electrons. The molecule has 2 aromatic rings. The number of hydrogen-bond acceptors (Lipinski definition) is 3. The van der Waals surface area contributed by atoms with E-state index in [1.54, 1.807) is 0 Å². The third kappa shape index (κ3) is 3.21. The van der Waals surface area contributed by atoms with E-state index in [-0.39, 0.29) is 26.7 Å². The topological polar surface area (TPSA) is 66.4 Å². The lowest BCUT2D eigenvalue weighted by atomic mass is 10.2. The van der Waals surface area contributed by atoms with Gasteiger partial charge in [0, 0.05) is 5.56 Å². The van der Waals surface area contributed by atoms with Crippen molar-refractivity contribution < 1.29 is 22.3 Å². The Labute approximate surface area is 131 Å². The van der Waals surface area contributed by atoms with E-state index in [1.165, 1.54) is 19.1 Å². The Morgan fingerprint density at radius 3 is 2.55 bits per heavy atom. The van der Waals surface area contributed by atoms with Crippen molar-refractivity contribution in [1.29, 1.82) is 0 Å². The largest absolute Gasteiger partial charge is 0.392 e. The van der Waals surface area contributed by atoms with Crippen LogP contribution in [0.5, 0.6) is 0 Å². The fraction of sp³-hybridized carbons (Fsp3) is 0.143. The molecule has 22 heavy (non-hydrogen) atoms. The molecule has 0 amide bonds. The molecule has 0 aliphatic heterocycles. The van der Waals surface area contributed by atoms with Crippen molar-refractivity contribution in [2.45, 2.75) is 18.4 Å². The molecule has 0 spiro atoms. The molecule has 8 heteroatoms. The Hall–Kier alpha value is -1.70. The first-order valence-corrected chi connectivity index (χ1v) is 7.99. The number of benzene rings is 2. The van der Waals surface area contributed by atoms with E-state index in [9.17, 15) is 17.2 Å². The van der Waals surface area contributed by atoms with Crippen LogP contribution in [0.2, 0.25) is 5.02 Å². The molecule has 0 unspecified atom stereocenters. The summed E-state index contributed by atoms with van der Waals surface area (Å²) < 4.78 is 53.9. The third-order valence-corrected chi connectivity index (χ3v) is 4.82. The summed E-state index contributed by atoms with van der Waals surface area (Å²) in [5.41, 5.74) is -0.220. The minimum atomic E-state index is -4.24. The summed E-state index contributed by atoms with van der Waals surface area (Å²) in [6.45, 7) is 0.832. The number of hydrogen-bond donors (Lipinski definition) is 2. The van der Waals surface area contributed by atoms with Gasteiger partial charge in [0.15, 0.2) is 0 Å². The van der Waals surface area contributed by atoms with E-state index in [1.807, 2.05) is 4.72 Å². The molecule has 0 saturated carbocycles. The summed E-state index contributed by atoms with van der Waals surface area (Å²) in [7, 11) is -4.24. The maximum atomic E-state index is 13.8. The van der Waals surface area contributed by atoms with Gasteiger partial charge in [-0.3, -0.25) is 4.72 Å². The van der Waals surface area contributed by atoms with Gasteiger partial charge in [-0.25, -0.2) is 17.2 Å². The number of sulfonamides is 1. The smallest absolute Gasteiger partial charge is 0.263 e. The molecule has 0 heterocycles. The van der Waals surface area contributed by atoms with Crippen molar-refractivity contribution in [2.24, 2.45) is 0 Å². The maximum Gasteiger partial charge on any atom is 0.263 e. The molecule has 0 atom stereocenters. The van der Waals surface area contributed by atoms with Crippen LogP contribution in [0.15, 0.2) is 35.2 Å². The highest BCUT2D eigenvalue weighted by Gasteiger charge is 2.22. The third-order valence-electron chi connectivity index (χ3n) is 3.01. The first-order chi connectivity index (χ1) is 10.3. The van der Waals surface area contributed by atoms with E-state index < -0.39 is 28.3 Å². The van der Waals surface area contributed by atoms with Gasteiger partial charge >= 0.3 is 0 Å². The fourth-order valence-corrected chi connectivity index (χ4v) is 3.55. The average Bonchev–Trinajstić information content (AvgIpc) is 2.44. The number of aliphatic hydroxyl groups is 1. The number of para-hydroxylation sites is 1. The van der Waals surface area contributed by atoms with Crippen LogP contribution in [0, 0.1) is 18.6 Å². The highest BCUT2D eigenvalue weighted by Crippen LogP contribution is 2.28. The highest BCUT2D eigenvalue weighted by molar-refractivity contribution is 7.92. The quantitative estimate of drug-likeness (QED) is 0.892. The van der Waals surface area contributed by atoms with Crippen LogP contribution >= 0.6 is 11.6 Å². The van der Waals surface area contributed by atoms with Gasteiger partial charge in [0.1, 0.15) is 16.5 Å². The van der Waals surface area contributed by atoms with Crippen LogP contribution in [-0.4, -0.2) is 13.5 Å². The van der Waals surface area contributed by atoms with Gasteiger partial charge in [0.25, 0.3) is 10.0 Å². The molecule has 0 saturated heterocycles. The predicted molar refractivity (Wildman–Crippen MR) is 79.3 cm³/mol. The molecular formula is C14H12ClF2NO3S. The first kappa shape index (κ1) is 16.7. The number of aryl methyl sites for hydroxylation is 1. The highest BCUT2D eigenvalue weighted by atomic mass is 35.5. The standard InChI is InChI=1S/C14H12ClF2NO3S/c1-8-5-13(10(15)6-12(8)17)22(20,21)18-14-9(7-19)3-2-4-11(14)16/h2-6,18-19H,7H2,1H3. The van der Waals surface area contributed by atoms with E-state index in [0.29, 0.717) is 0 Å². The SMILES string of the molecule is Cc1cc(S(=O)(=O)Nc2c(F)cccc2CO)c(Cl)cc1F. The second kappa shape index (κ2) is 6.20. The Morgan fingerprint density at radius 2 is 1.91 bits per heavy atom. The molecule has 0 aliphatic rings. The lowest BCUT2D eigenvalue weighted by Crippen LogP contribution is -2.16. The molecule has 2 rings (SSSR count). The molecular weight excluding hydrogens is 336 g/mol. The first-order valence-electron chi connectivity index (χ1n) is 6.13. The molecule has 0 fully saturated rings. The molecule has 0 radical (unpaired) electrons. The lowest BCUT2D eigenvalue weighted by molar-refractivity contribution is 0.282. The Kier molecular flexibility index (Phi) is 4.69. The van der Waals surface area contributed by atoms with Crippen molar-refractivity contribution in [2.75, 3.05) is 4.72 Å². The van der Waals surface area contributed by atoms with Crippen molar-refractivity contribution in [1.82, 2.24) is 0 Å². The Morgan fingerprint density at radius 1 is 1.23 bits per heavy atom. The minimum absolute atomic E-state index is 0.0681. The monoisotopic (exact) mass is 347 g/mol. The van der Waals surface area contributed by atoms with Gasteiger partial charge in [0.2, 0.25) is 0 Å². The van der Waals surface area contributed by atoms with E-state index in [0.717, 1.165) is 18.2 Å². The van der Waals surface area contributed by atoms with Crippen molar-refractivity contribution >= 4 is 27.3 Å². The van der Waals surface area contributed by atoms with Gasteiger partial charge in [-0.15, -0.1) is 0 Å². The maximum absolute atomic E-state index is 13.8. The number of aliphatic hydroxyl groups excluding tert-OH is 1. The summed E-state index contributed by atoms with van der Waals surface area (Å²) in [5, 5.41) is 8.85. The Balaban J connectivity index is 2.52. The summed E-state index contributed by atoms with van der Waals surface area (Å²) in [6, 6.07) is 5.69. The van der Waals surface area contributed by atoms with Gasteiger partial charge in [0.05, 0.1) is 17.3 Å². The van der Waals surface area contributed by atoms with Crippen molar-refractivity contribution in [3.05, 3.63) is 58.1 Å². The van der Waals surface area contributed by atoms with Crippen LogP contribution in [0.25, 0.3) is 0 Å². The van der Waals surface area contributed by atoms with Gasteiger partial charge in [-0.2, -0.15) is 0 Å². The van der Waals surface area contributed by atoms with Crippen molar-refractivity contribution in [3.63, 3.8) is 0 Å². The minimum Gasteiger partial charge on any atom is -0.392 e. The second-order valence-corrected chi connectivity index (χ2v) is 6.63. The lowest BCUT2D eigenvalue weighted by Gasteiger charge is -2.14. The zero-order valence-electron chi connectivity index (χ0n) is 11.4. The van der Waals surface area contributed by atoms with E-state index >= 15 is 0 Å². The second-order valence-electron chi connectivity index (χ2n) is 4.57. The van der Waals surface area contributed by atoms with E-state index in [4.69, 9.17) is 16.7 Å². The number of anilines is 1. The van der Waals surface area contributed by atoms with Crippen LogP contribution in [0.1, 0.15) is 11.1 Å². The van der Waals surface area contributed by atoms with E-state index in [2.05, 4.69) is 0 Å². The molecule has 2 N–H and O–H groups in total. The number of halogens is 3. The summed E-state index contributed by atoms with van der Waals surface area (Å²) >= 11 is 5.76. The van der Waals surface area contributed by atoms with Gasteiger partial charge in [-0.1, -0.05) is 23.7 Å². The Bertz CT molecular complexity index is 825. The molecule has 0 bridgehead atoms. The van der Waals surface area contributed by atoms with Crippen LogP contribution < -0.4 is 4.72 Å². The number of rotatable bonds is 4. The van der Waals surface area contributed by atoms with Crippen LogP contribution in [-0.2, 0) is 16.6 Å². The average molecular weight is 348 g/mol. The molecule has 0 aliphatic carbocycles. The van der Waals surface area contributed by atoms with Crippen molar-refractivity contribution in [3.8, 4) is 0 Å². The van der Waals surface area contributed by atoms with Crippen LogP contribution in [0.4, 0.5) is 14.5 Å². The van der Waals surface area contributed by atoms with Gasteiger partial charge in [-0.05, 0) is 30.7 Å². The fourth-order valence-electron chi connectivity index (χ4n) is 1.84. The zero-order valence-corrected chi connectivity index (χ0v) is 13.0. The predicted octanol–water partition coefficient (Wildman–Crippen LogP) is 3.22. The molecule has 2 aromatic carbocycles. The summed E-state index contributed by atoms with van der Waals surface area (Å²) in [4.78, 5) is -0.375. The van der Waals surface area contributed by atoms with Gasteiger partial charge < -0.3 is 5.11 Å². The molecule has 4 nitrogen and oxygen atoms in total. The zero-order chi connectivity index (χ0) is 16.5. The number of nitrogens with one attached hydrogen (secondary N) is 1. The van der Waals surface area contributed by atoms with Crippen LogP contribution in [0.3, 0.4) is 0 Å².